The minimum absolute atomic E-state index is 0.0664. The van der Waals surface area contributed by atoms with Crippen LogP contribution >= 0.6 is 0 Å². The maximum Gasteiger partial charge on any atom is 0.279 e. The smallest absolute Gasteiger partial charge is 0.279 e. The van der Waals surface area contributed by atoms with Gasteiger partial charge < -0.3 is 15.3 Å². The zero-order chi connectivity index (χ0) is 15.5. The summed E-state index contributed by atoms with van der Waals surface area (Å²) in [6.07, 6.45) is 0. The molecule has 0 bridgehead atoms. The normalized spacial score (nSPS) is 10.6. The fourth-order valence-electron chi connectivity index (χ4n) is 2.17. The summed E-state index contributed by atoms with van der Waals surface area (Å²) in [7, 11) is 1.56. The molecule has 3 rings (SSSR count). The van der Waals surface area contributed by atoms with Crippen molar-refractivity contribution in [1.29, 1.82) is 0 Å². The van der Waals surface area contributed by atoms with Crippen LogP contribution in [0.4, 0.5) is 0 Å². The highest BCUT2D eigenvalue weighted by molar-refractivity contribution is 5.77. The maximum atomic E-state index is 12.2. The molecule has 22 heavy (non-hydrogen) atoms. The Bertz CT molecular complexity index is 874. The molecule has 0 radical (unpaired) electrons. The Kier molecular flexibility index (Phi) is 3.65. The summed E-state index contributed by atoms with van der Waals surface area (Å²) in [4.78, 5) is 16.6. The van der Waals surface area contributed by atoms with E-state index in [4.69, 9.17) is 15.3 Å². The summed E-state index contributed by atoms with van der Waals surface area (Å²) in [6, 6.07) is 14.3. The predicted molar refractivity (Wildman–Crippen MR) is 83.5 cm³/mol. The van der Waals surface area contributed by atoms with E-state index in [2.05, 4.69) is 4.98 Å². The molecule has 0 unspecified atom stereocenters. The zero-order valence-corrected chi connectivity index (χ0v) is 12.0. The number of rotatable bonds is 4. The summed E-state index contributed by atoms with van der Waals surface area (Å²) in [5.41, 5.74) is 0.289. The molecule has 0 saturated carbocycles. The van der Waals surface area contributed by atoms with Crippen molar-refractivity contribution in [1.82, 2.24) is 9.66 Å². The highest BCUT2D eigenvalue weighted by Crippen LogP contribution is 2.26. The largest absolute Gasteiger partial charge is 0.493 e. The van der Waals surface area contributed by atoms with E-state index in [0.717, 1.165) is 4.68 Å². The molecule has 2 aromatic carbocycles. The van der Waals surface area contributed by atoms with Gasteiger partial charge in [0.05, 0.1) is 18.0 Å². The Morgan fingerprint density at radius 2 is 1.77 bits per heavy atom. The first kappa shape index (κ1) is 13.9. The van der Waals surface area contributed by atoms with Crippen molar-refractivity contribution in [2.75, 3.05) is 13.0 Å². The SMILES string of the molecule is COc1ccccc1OCc1nc2ccccc2c(=O)n1N. The number of nitrogens with two attached hydrogens (primary N) is 1. The molecular weight excluding hydrogens is 282 g/mol. The summed E-state index contributed by atoms with van der Waals surface area (Å²) >= 11 is 0. The number of hydrogen-bond acceptors (Lipinski definition) is 5. The minimum atomic E-state index is -0.302. The summed E-state index contributed by atoms with van der Waals surface area (Å²) in [5.74, 6) is 7.32. The molecule has 0 aliphatic rings. The van der Waals surface area contributed by atoms with Crippen molar-refractivity contribution in [3.63, 3.8) is 0 Å². The second-order valence-electron chi connectivity index (χ2n) is 4.66. The molecule has 1 heterocycles. The van der Waals surface area contributed by atoms with Crippen LogP contribution in [0.25, 0.3) is 10.9 Å². The van der Waals surface area contributed by atoms with Crippen LogP contribution in [0.2, 0.25) is 0 Å². The van der Waals surface area contributed by atoms with Crippen molar-refractivity contribution in [3.8, 4) is 11.5 Å². The van der Waals surface area contributed by atoms with E-state index >= 15 is 0 Å². The Morgan fingerprint density at radius 3 is 2.55 bits per heavy atom. The van der Waals surface area contributed by atoms with Gasteiger partial charge in [0.2, 0.25) is 0 Å². The first-order valence-electron chi connectivity index (χ1n) is 6.72. The molecule has 3 aromatic rings. The van der Waals surface area contributed by atoms with Crippen LogP contribution in [0, 0.1) is 0 Å². The van der Waals surface area contributed by atoms with Crippen LogP contribution in [-0.2, 0) is 6.61 Å². The lowest BCUT2D eigenvalue weighted by atomic mass is 10.2. The van der Waals surface area contributed by atoms with Crippen molar-refractivity contribution in [3.05, 3.63) is 64.7 Å². The summed E-state index contributed by atoms with van der Waals surface area (Å²) in [6.45, 7) is 0.0664. The monoisotopic (exact) mass is 297 g/mol. The number of benzene rings is 2. The van der Waals surface area contributed by atoms with Gasteiger partial charge in [-0.25, -0.2) is 9.66 Å². The van der Waals surface area contributed by atoms with Gasteiger partial charge in [-0.2, -0.15) is 0 Å². The van der Waals surface area contributed by atoms with E-state index in [-0.39, 0.29) is 12.2 Å². The van der Waals surface area contributed by atoms with E-state index < -0.39 is 0 Å². The molecule has 2 N–H and O–H groups in total. The number of nitrogen functional groups attached to an aromatic ring is 1. The van der Waals surface area contributed by atoms with Crippen LogP contribution in [0.15, 0.2) is 53.3 Å². The average Bonchev–Trinajstić information content (AvgIpc) is 2.57. The van der Waals surface area contributed by atoms with Crippen LogP contribution in [0.5, 0.6) is 11.5 Å². The fraction of sp³-hybridized carbons (Fsp3) is 0.125. The number of ether oxygens (including phenoxy) is 2. The molecule has 0 aliphatic carbocycles. The molecule has 112 valence electrons. The summed E-state index contributed by atoms with van der Waals surface area (Å²) < 4.78 is 11.9. The van der Waals surface area contributed by atoms with Gasteiger partial charge in [0.25, 0.3) is 5.56 Å². The van der Waals surface area contributed by atoms with Crippen molar-refractivity contribution >= 4 is 10.9 Å². The van der Waals surface area contributed by atoms with Crippen LogP contribution in [0.3, 0.4) is 0 Å². The third-order valence-electron chi connectivity index (χ3n) is 3.31. The average molecular weight is 297 g/mol. The van der Waals surface area contributed by atoms with Gasteiger partial charge in [-0.15, -0.1) is 0 Å². The van der Waals surface area contributed by atoms with Gasteiger partial charge in [-0.1, -0.05) is 24.3 Å². The Labute approximate surface area is 126 Å². The molecule has 0 saturated heterocycles. The van der Waals surface area contributed by atoms with Crippen LogP contribution in [-0.4, -0.2) is 16.8 Å². The quantitative estimate of drug-likeness (QED) is 0.741. The number of fused-ring (bicyclic) bond motifs is 1. The van der Waals surface area contributed by atoms with Crippen LogP contribution < -0.4 is 20.9 Å². The van der Waals surface area contributed by atoms with E-state index in [9.17, 15) is 4.79 Å². The zero-order valence-electron chi connectivity index (χ0n) is 12.0. The third kappa shape index (κ3) is 2.46. The molecular formula is C16H15N3O3. The molecule has 6 nitrogen and oxygen atoms in total. The van der Waals surface area contributed by atoms with Crippen molar-refractivity contribution in [2.24, 2.45) is 0 Å². The first-order chi connectivity index (χ1) is 10.7. The second kappa shape index (κ2) is 5.77. The molecule has 0 atom stereocenters. The van der Waals surface area contributed by atoms with E-state index in [0.29, 0.717) is 28.2 Å². The van der Waals surface area contributed by atoms with Crippen molar-refractivity contribution < 1.29 is 9.47 Å². The number of hydrogen-bond donors (Lipinski definition) is 1. The minimum Gasteiger partial charge on any atom is -0.493 e. The standard InChI is InChI=1S/C16H15N3O3/c1-21-13-8-4-5-9-14(13)22-10-15-18-12-7-3-2-6-11(12)16(20)19(15)17/h2-9H,10,17H2,1H3. The number of aromatic nitrogens is 2. The fourth-order valence-corrected chi connectivity index (χ4v) is 2.17. The molecule has 0 aliphatic heterocycles. The topological polar surface area (TPSA) is 79.4 Å². The molecule has 0 amide bonds. The van der Waals surface area contributed by atoms with Gasteiger partial charge in [-0.05, 0) is 24.3 Å². The van der Waals surface area contributed by atoms with Gasteiger partial charge in [0.15, 0.2) is 17.3 Å². The summed E-state index contributed by atoms with van der Waals surface area (Å²) in [5, 5.41) is 0.478. The molecule has 6 heteroatoms. The predicted octanol–water partition coefficient (Wildman–Crippen LogP) is 1.70. The number of methoxy groups -OCH3 is 1. The number of nitrogens with zero attached hydrogens (tertiary/aromatic N) is 2. The highest BCUT2D eigenvalue weighted by atomic mass is 16.5. The highest BCUT2D eigenvalue weighted by Gasteiger charge is 2.10. The van der Waals surface area contributed by atoms with Gasteiger partial charge in [0.1, 0.15) is 6.61 Å². The van der Waals surface area contributed by atoms with Gasteiger partial charge in [0, 0.05) is 0 Å². The Hall–Kier alpha value is -3.02. The number of para-hydroxylation sites is 3. The van der Waals surface area contributed by atoms with Crippen LogP contribution in [0.1, 0.15) is 5.82 Å². The van der Waals surface area contributed by atoms with Gasteiger partial charge >= 0.3 is 0 Å². The van der Waals surface area contributed by atoms with E-state index in [1.165, 1.54) is 0 Å². The Balaban J connectivity index is 1.94. The van der Waals surface area contributed by atoms with Crippen molar-refractivity contribution in [2.45, 2.75) is 6.61 Å². The molecule has 0 spiro atoms. The first-order valence-corrected chi connectivity index (χ1v) is 6.72. The third-order valence-corrected chi connectivity index (χ3v) is 3.31. The maximum absolute atomic E-state index is 12.2. The lowest BCUT2D eigenvalue weighted by molar-refractivity contribution is 0.272. The van der Waals surface area contributed by atoms with E-state index in [1.807, 2.05) is 18.2 Å². The van der Waals surface area contributed by atoms with Gasteiger partial charge in [-0.3, -0.25) is 4.79 Å². The molecule has 0 fully saturated rings. The Morgan fingerprint density at radius 1 is 1.09 bits per heavy atom. The second-order valence-corrected chi connectivity index (χ2v) is 4.66. The lowest BCUT2D eigenvalue weighted by Gasteiger charge is -2.12. The van der Waals surface area contributed by atoms with E-state index in [1.54, 1.807) is 37.4 Å². The molecule has 1 aromatic heterocycles. The lowest BCUT2D eigenvalue weighted by Crippen LogP contribution is -2.32.